The standard InChI is InChI=1S/C24H20N2O5/c1-29-18-4-2-17(3-5-18)21-13-24(28)31-22-12-19(6-7-20(21)22)30-15-23(27)26-14-16-8-10-25-11-9-16/h2-13H,14-15H2,1H3,(H,26,27). The Balaban J connectivity index is 1.49. The highest BCUT2D eigenvalue weighted by molar-refractivity contribution is 5.93. The monoisotopic (exact) mass is 416 g/mol. The average Bonchev–Trinajstić information content (AvgIpc) is 2.81. The van der Waals surface area contributed by atoms with Crippen LogP contribution in [0.2, 0.25) is 0 Å². The Kier molecular flexibility index (Phi) is 5.93. The van der Waals surface area contributed by atoms with E-state index < -0.39 is 5.63 Å². The summed E-state index contributed by atoms with van der Waals surface area (Å²) < 4.78 is 16.1. The Labute approximate surface area is 178 Å². The highest BCUT2D eigenvalue weighted by Gasteiger charge is 2.10. The van der Waals surface area contributed by atoms with Crippen LogP contribution in [0.1, 0.15) is 5.56 Å². The Bertz CT molecular complexity index is 1250. The van der Waals surface area contributed by atoms with Crippen LogP contribution in [-0.2, 0) is 11.3 Å². The van der Waals surface area contributed by atoms with Crippen LogP contribution >= 0.6 is 0 Å². The van der Waals surface area contributed by atoms with E-state index in [2.05, 4.69) is 10.3 Å². The van der Waals surface area contributed by atoms with Crippen molar-refractivity contribution >= 4 is 16.9 Å². The fourth-order valence-electron chi connectivity index (χ4n) is 3.14. The summed E-state index contributed by atoms with van der Waals surface area (Å²) in [4.78, 5) is 28.1. The molecule has 0 saturated heterocycles. The minimum absolute atomic E-state index is 0.154. The molecule has 0 fully saturated rings. The summed E-state index contributed by atoms with van der Waals surface area (Å²) in [5, 5.41) is 3.54. The minimum atomic E-state index is -0.467. The smallest absolute Gasteiger partial charge is 0.336 e. The lowest BCUT2D eigenvalue weighted by atomic mass is 10.0. The third-order valence-corrected chi connectivity index (χ3v) is 4.73. The first-order chi connectivity index (χ1) is 15.1. The van der Waals surface area contributed by atoms with Gasteiger partial charge >= 0.3 is 5.63 Å². The van der Waals surface area contributed by atoms with E-state index in [9.17, 15) is 9.59 Å². The molecular weight excluding hydrogens is 396 g/mol. The summed E-state index contributed by atoms with van der Waals surface area (Å²) in [6.07, 6.45) is 3.34. The molecule has 7 heteroatoms. The highest BCUT2D eigenvalue weighted by Crippen LogP contribution is 2.30. The van der Waals surface area contributed by atoms with Gasteiger partial charge in [-0.3, -0.25) is 9.78 Å². The first-order valence-corrected chi connectivity index (χ1v) is 9.63. The molecule has 4 rings (SSSR count). The number of nitrogens with zero attached hydrogens (tertiary/aromatic N) is 1. The number of fused-ring (bicyclic) bond motifs is 1. The molecule has 0 bridgehead atoms. The van der Waals surface area contributed by atoms with Gasteiger partial charge in [0.1, 0.15) is 17.1 Å². The quantitative estimate of drug-likeness (QED) is 0.463. The minimum Gasteiger partial charge on any atom is -0.497 e. The zero-order valence-electron chi connectivity index (χ0n) is 16.8. The van der Waals surface area contributed by atoms with Crippen LogP contribution in [0.3, 0.4) is 0 Å². The molecule has 0 unspecified atom stereocenters. The van der Waals surface area contributed by atoms with Crippen molar-refractivity contribution in [3.63, 3.8) is 0 Å². The fourth-order valence-corrected chi connectivity index (χ4v) is 3.14. The van der Waals surface area contributed by atoms with Gasteiger partial charge in [0, 0.05) is 36.5 Å². The van der Waals surface area contributed by atoms with Gasteiger partial charge in [0.15, 0.2) is 6.61 Å². The maximum atomic E-state index is 12.1. The van der Waals surface area contributed by atoms with Gasteiger partial charge in [0.2, 0.25) is 0 Å². The van der Waals surface area contributed by atoms with Crippen LogP contribution in [0.5, 0.6) is 11.5 Å². The van der Waals surface area contributed by atoms with E-state index in [0.717, 1.165) is 27.8 Å². The Morgan fingerprint density at radius 3 is 2.48 bits per heavy atom. The molecule has 1 amide bonds. The molecular formula is C24H20N2O5. The van der Waals surface area contributed by atoms with Crippen LogP contribution in [0, 0.1) is 0 Å². The van der Waals surface area contributed by atoms with Gasteiger partial charge in [0.25, 0.3) is 5.91 Å². The van der Waals surface area contributed by atoms with Crippen molar-refractivity contribution < 1.29 is 18.7 Å². The molecule has 0 radical (unpaired) electrons. The highest BCUT2D eigenvalue weighted by atomic mass is 16.5. The largest absolute Gasteiger partial charge is 0.497 e. The summed E-state index contributed by atoms with van der Waals surface area (Å²) in [5.74, 6) is 0.904. The van der Waals surface area contributed by atoms with Gasteiger partial charge in [-0.1, -0.05) is 12.1 Å². The maximum absolute atomic E-state index is 12.1. The van der Waals surface area contributed by atoms with Crippen molar-refractivity contribution in [2.75, 3.05) is 13.7 Å². The number of aromatic nitrogens is 1. The predicted molar refractivity (Wildman–Crippen MR) is 116 cm³/mol. The SMILES string of the molecule is COc1ccc(-c2cc(=O)oc3cc(OCC(=O)NCc4ccncc4)ccc23)cc1. The van der Waals surface area contributed by atoms with Crippen molar-refractivity contribution in [3.8, 4) is 22.6 Å². The van der Waals surface area contributed by atoms with Crippen molar-refractivity contribution in [1.29, 1.82) is 0 Å². The molecule has 31 heavy (non-hydrogen) atoms. The molecule has 156 valence electrons. The lowest BCUT2D eigenvalue weighted by molar-refractivity contribution is -0.123. The number of ether oxygens (including phenoxy) is 2. The molecule has 7 nitrogen and oxygen atoms in total. The van der Waals surface area contributed by atoms with Gasteiger partial charge in [-0.15, -0.1) is 0 Å². The van der Waals surface area contributed by atoms with Crippen LogP contribution in [-0.4, -0.2) is 24.6 Å². The lowest BCUT2D eigenvalue weighted by Gasteiger charge is -2.10. The topological polar surface area (TPSA) is 90.7 Å². The third-order valence-electron chi connectivity index (χ3n) is 4.73. The Morgan fingerprint density at radius 1 is 1.00 bits per heavy atom. The van der Waals surface area contributed by atoms with E-state index in [0.29, 0.717) is 17.9 Å². The molecule has 0 aliphatic carbocycles. The second kappa shape index (κ2) is 9.13. The van der Waals surface area contributed by atoms with Crippen LogP contribution < -0.4 is 20.4 Å². The Morgan fingerprint density at radius 2 is 1.74 bits per heavy atom. The van der Waals surface area contributed by atoms with Gasteiger partial charge in [0.05, 0.1) is 7.11 Å². The van der Waals surface area contributed by atoms with Gasteiger partial charge in [-0.25, -0.2) is 4.79 Å². The molecule has 2 heterocycles. The number of hydrogen-bond donors (Lipinski definition) is 1. The van der Waals surface area contributed by atoms with Gasteiger partial charge < -0.3 is 19.2 Å². The molecule has 0 spiro atoms. The first kappa shape index (κ1) is 20.2. The number of nitrogens with one attached hydrogen (secondary N) is 1. The third kappa shape index (κ3) is 4.90. The molecule has 0 aliphatic rings. The molecule has 0 aliphatic heterocycles. The van der Waals surface area contributed by atoms with Crippen molar-refractivity contribution in [2.45, 2.75) is 6.54 Å². The summed E-state index contributed by atoms with van der Waals surface area (Å²) in [5.41, 5.74) is 2.47. The summed E-state index contributed by atoms with van der Waals surface area (Å²) in [7, 11) is 1.60. The number of methoxy groups -OCH3 is 1. The van der Waals surface area contributed by atoms with Crippen molar-refractivity contribution in [1.82, 2.24) is 10.3 Å². The normalized spacial score (nSPS) is 10.6. The van der Waals surface area contributed by atoms with Gasteiger partial charge in [-0.05, 0) is 53.1 Å². The zero-order valence-corrected chi connectivity index (χ0v) is 16.8. The zero-order chi connectivity index (χ0) is 21.6. The van der Waals surface area contributed by atoms with Crippen LogP contribution in [0.15, 0.2) is 82.3 Å². The molecule has 4 aromatic rings. The number of carbonyl (C=O) groups excluding carboxylic acids is 1. The number of rotatable bonds is 7. The first-order valence-electron chi connectivity index (χ1n) is 9.63. The number of carbonyl (C=O) groups is 1. The Hall–Kier alpha value is -4.13. The molecule has 1 N–H and O–H groups in total. The number of pyridine rings is 1. The summed E-state index contributed by atoms with van der Waals surface area (Å²) in [6.45, 7) is 0.238. The average molecular weight is 416 g/mol. The van der Waals surface area contributed by atoms with Crippen LogP contribution in [0.25, 0.3) is 22.1 Å². The van der Waals surface area contributed by atoms with E-state index in [1.165, 1.54) is 6.07 Å². The number of benzene rings is 2. The van der Waals surface area contributed by atoms with E-state index in [1.54, 1.807) is 31.6 Å². The molecule has 2 aromatic carbocycles. The van der Waals surface area contributed by atoms with Crippen LogP contribution in [0.4, 0.5) is 0 Å². The lowest BCUT2D eigenvalue weighted by Crippen LogP contribution is -2.28. The van der Waals surface area contributed by atoms with E-state index in [4.69, 9.17) is 13.9 Å². The molecule has 0 atom stereocenters. The maximum Gasteiger partial charge on any atom is 0.336 e. The fraction of sp³-hybridized carbons (Fsp3) is 0.125. The second-order valence-electron chi connectivity index (χ2n) is 6.79. The second-order valence-corrected chi connectivity index (χ2v) is 6.79. The van der Waals surface area contributed by atoms with E-state index in [1.807, 2.05) is 42.5 Å². The van der Waals surface area contributed by atoms with Gasteiger partial charge in [-0.2, -0.15) is 0 Å². The number of amides is 1. The molecule has 0 saturated carbocycles. The van der Waals surface area contributed by atoms with E-state index in [-0.39, 0.29) is 12.5 Å². The summed E-state index contributed by atoms with van der Waals surface area (Å²) >= 11 is 0. The summed E-state index contributed by atoms with van der Waals surface area (Å²) in [6, 6.07) is 17.7. The van der Waals surface area contributed by atoms with Crippen molar-refractivity contribution in [2.24, 2.45) is 0 Å². The predicted octanol–water partition coefficient (Wildman–Crippen LogP) is 3.56. The van der Waals surface area contributed by atoms with Crippen molar-refractivity contribution in [3.05, 3.63) is 89.0 Å². The number of hydrogen-bond acceptors (Lipinski definition) is 6. The van der Waals surface area contributed by atoms with E-state index >= 15 is 0 Å². The molecule has 2 aromatic heterocycles.